The molecule has 0 bridgehead atoms. The summed E-state index contributed by atoms with van der Waals surface area (Å²) in [4.78, 5) is 16.9. The van der Waals surface area contributed by atoms with E-state index in [2.05, 4.69) is 20.9 Å². The van der Waals surface area contributed by atoms with Gasteiger partial charge in [0.2, 0.25) is 0 Å². The minimum atomic E-state index is -0.404. The molecule has 1 aromatic heterocycles. The molecule has 0 atom stereocenters. The third-order valence-corrected chi connectivity index (χ3v) is 4.90. The van der Waals surface area contributed by atoms with Gasteiger partial charge >= 0.3 is 5.63 Å². The summed E-state index contributed by atoms with van der Waals surface area (Å²) < 4.78 is 11.3. The van der Waals surface area contributed by atoms with Crippen molar-refractivity contribution >= 4 is 38.8 Å². The molecule has 4 aromatic rings. The van der Waals surface area contributed by atoms with Gasteiger partial charge in [-0.1, -0.05) is 46.3 Å². The van der Waals surface area contributed by atoms with Crippen LogP contribution in [0.25, 0.3) is 22.1 Å². The Morgan fingerprint density at radius 2 is 1.90 bits per heavy atom. The Kier molecular flexibility index (Phi) is 5.18. The highest BCUT2D eigenvalue weighted by Crippen LogP contribution is 2.33. The molecule has 1 N–H and O–H groups in total. The average Bonchev–Trinajstić information content (AvgIpc) is 2.73. The van der Waals surface area contributed by atoms with Gasteiger partial charge in [-0.2, -0.15) is 0 Å². The van der Waals surface area contributed by atoms with E-state index in [1.54, 1.807) is 30.5 Å². The number of hydrogen-bond acceptors (Lipinski definition) is 5. The topological polar surface area (TPSA) is 72.0 Å². The molecule has 4 rings (SSSR count). The molecular weight excluding hydrogens is 434 g/mol. The second kappa shape index (κ2) is 7.93. The van der Waals surface area contributed by atoms with E-state index in [0.717, 1.165) is 9.86 Å². The highest BCUT2D eigenvalue weighted by molar-refractivity contribution is 9.10. The fourth-order valence-electron chi connectivity index (χ4n) is 3.01. The largest absolute Gasteiger partial charge is 0.504 e. The minimum absolute atomic E-state index is 0.00535. The molecule has 1 heterocycles. The van der Waals surface area contributed by atoms with Crippen molar-refractivity contribution in [3.63, 3.8) is 0 Å². The Bertz CT molecular complexity index is 1290. The van der Waals surface area contributed by atoms with E-state index in [4.69, 9.17) is 9.15 Å². The summed E-state index contributed by atoms with van der Waals surface area (Å²) in [7, 11) is 1.49. The summed E-state index contributed by atoms with van der Waals surface area (Å²) >= 11 is 3.39. The second-order valence-corrected chi connectivity index (χ2v) is 7.26. The van der Waals surface area contributed by atoms with E-state index in [1.807, 2.05) is 42.5 Å². The monoisotopic (exact) mass is 449 g/mol. The van der Waals surface area contributed by atoms with Crippen molar-refractivity contribution in [2.75, 3.05) is 7.11 Å². The molecule has 0 unspecified atom stereocenters. The molecule has 0 amide bonds. The maximum absolute atomic E-state index is 12.4. The van der Waals surface area contributed by atoms with Gasteiger partial charge in [0.15, 0.2) is 11.5 Å². The van der Waals surface area contributed by atoms with Crippen LogP contribution in [-0.4, -0.2) is 18.4 Å². The quantitative estimate of drug-likeness (QED) is 0.321. The van der Waals surface area contributed by atoms with Crippen molar-refractivity contribution in [2.45, 2.75) is 0 Å². The van der Waals surface area contributed by atoms with Crippen LogP contribution in [0.1, 0.15) is 5.56 Å². The predicted molar refractivity (Wildman–Crippen MR) is 118 cm³/mol. The van der Waals surface area contributed by atoms with Crippen molar-refractivity contribution < 1.29 is 14.3 Å². The molecule has 0 aliphatic carbocycles. The number of aliphatic imine (C=N–C) groups is 1. The molecule has 5 nitrogen and oxygen atoms in total. The van der Waals surface area contributed by atoms with Gasteiger partial charge in [0, 0.05) is 21.6 Å². The molecule has 144 valence electrons. The number of benzene rings is 3. The molecule has 0 aliphatic heterocycles. The van der Waals surface area contributed by atoms with Crippen molar-refractivity contribution in [3.05, 3.63) is 87.2 Å². The molecule has 0 spiro atoms. The maximum atomic E-state index is 12.4. The van der Waals surface area contributed by atoms with Gasteiger partial charge in [0.25, 0.3) is 0 Å². The number of phenolic OH excluding ortho intramolecular Hbond substituents is 1. The molecule has 0 saturated heterocycles. The molecule has 6 heteroatoms. The van der Waals surface area contributed by atoms with Gasteiger partial charge < -0.3 is 14.3 Å². The molecule has 0 saturated carbocycles. The highest BCUT2D eigenvalue weighted by atomic mass is 79.9. The lowest BCUT2D eigenvalue weighted by molar-refractivity contribution is 0.373. The number of hydrogen-bond donors (Lipinski definition) is 1. The van der Waals surface area contributed by atoms with Crippen LogP contribution in [-0.2, 0) is 0 Å². The third-order valence-electron chi connectivity index (χ3n) is 4.44. The predicted octanol–water partition coefficient (Wildman–Crippen LogP) is 5.69. The number of aromatic hydroxyl groups is 1. The number of rotatable bonds is 4. The smallest absolute Gasteiger partial charge is 0.344 e. The molecule has 29 heavy (non-hydrogen) atoms. The van der Waals surface area contributed by atoms with E-state index < -0.39 is 5.63 Å². The van der Waals surface area contributed by atoms with Gasteiger partial charge in [0.1, 0.15) is 5.58 Å². The minimum Gasteiger partial charge on any atom is -0.504 e. The number of fused-ring (bicyclic) bond motifs is 1. The maximum Gasteiger partial charge on any atom is 0.344 e. The van der Waals surface area contributed by atoms with Gasteiger partial charge in [-0.25, -0.2) is 4.79 Å². The molecule has 3 aromatic carbocycles. The van der Waals surface area contributed by atoms with Gasteiger partial charge in [-0.3, -0.25) is 4.99 Å². The average molecular weight is 450 g/mol. The summed E-state index contributed by atoms with van der Waals surface area (Å²) in [6, 6.07) is 19.9. The summed E-state index contributed by atoms with van der Waals surface area (Å²) in [6.45, 7) is 0. The first kappa shape index (κ1) is 19.0. The van der Waals surface area contributed by atoms with Crippen molar-refractivity contribution in [3.8, 4) is 22.6 Å². The zero-order valence-corrected chi connectivity index (χ0v) is 17.0. The Balaban J connectivity index is 1.72. The Morgan fingerprint density at radius 1 is 1.07 bits per heavy atom. The van der Waals surface area contributed by atoms with Crippen molar-refractivity contribution in [1.82, 2.24) is 0 Å². The summed E-state index contributed by atoms with van der Waals surface area (Å²) in [6.07, 6.45) is 1.55. The van der Waals surface area contributed by atoms with Crippen LogP contribution in [0.2, 0.25) is 0 Å². The molecule has 0 radical (unpaired) electrons. The molecule has 0 aliphatic rings. The summed E-state index contributed by atoms with van der Waals surface area (Å²) in [5, 5.41) is 11.1. The summed E-state index contributed by atoms with van der Waals surface area (Å²) in [5.41, 5.74) is 2.46. The van der Waals surface area contributed by atoms with Crippen molar-refractivity contribution in [2.24, 2.45) is 4.99 Å². The Morgan fingerprint density at radius 3 is 2.72 bits per heavy atom. The number of halogens is 1. The zero-order chi connectivity index (χ0) is 20.4. The van der Waals surface area contributed by atoms with E-state index in [1.165, 1.54) is 7.11 Å². The van der Waals surface area contributed by atoms with Crippen LogP contribution in [0.5, 0.6) is 11.5 Å². The van der Waals surface area contributed by atoms with Gasteiger partial charge in [-0.15, -0.1) is 0 Å². The van der Waals surface area contributed by atoms with Gasteiger partial charge in [0.05, 0.1) is 18.4 Å². The fraction of sp³-hybridized carbons (Fsp3) is 0.0435. The number of para-hydroxylation sites is 1. The van der Waals surface area contributed by atoms with E-state index in [-0.39, 0.29) is 5.75 Å². The van der Waals surface area contributed by atoms with Crippen LogP contribution in [0, 0.1) is 0 Å². The normalized spacial score (nSPS) is 11.2. The first-order valence-corrected chi connectivity index (χ1v) is 9.58. The van der Waals surface area contributed by atoms with Crippen LogP contribution in [0.3, 0.4) is 0 Å². The number of nitrogens with zero attached hydrogens (tertiary/aromatic N) is 1. The number of ether oxygens (including phenoxy) is 1. The summed E-state index contributed by atoms with van der Waals surface area (Å²) in [5.74, 6) is 0.356. The molecular formula is C23H16BrNO4. The number of methoxy groups -OCH3 is 1. The fourth-order valence-corrected chi connectivity index (χ4v) is 3.46. The van der Waals surface area contributed by atoms with Crippen LogP contribution in [0.15, 0.2) is 85.4 Å². The van der Waals surface area contributed by atoms with E-state index in [0.29, 0.717) is 33.7 Å². The standard InChI is InChI=1S/C23H16BrNO4/c1-28-21-12-17(24)9-16(22(21)26)13-25-18-7-4-6-14(10-18)19-11-15-5-2-3-8-20(15)29-23(19)27/h2-13,26H,1H3. The third kappa shape index (κ3) is 3.93. The van der Waals surface area contributed by atoms with Gasteiger partial charge in [-0.05, 0) is 42.0 Å². The van der Waals surface area contributed by atoms with Crippen LogP contribution >= 0.6 is 15.9 Å². The second-order valence-electron chi connectivity index (χ2n) is 6.34. The first-order chi connectivity index (χ1) is 14.0. The first-order valence-electron chi connectivity index (χ1n) is 8.79. The zero-order valence-electron chi connectivity index (χ0n) is 15.4. The Hall–Kier alpha value is -3.38. The SMILES string of the molecule is COc1cc(Br)cc(C=Nc2cccc(-c3cc4ccccc4oc3=O)c2)c1O. The lowest BCUT2D eigenvalue weighted by Gasteiger charge is -2.07. The lowest BCUT2D eigenvalue weighted by Crippen LogP contribution is -2.02. The van der Waals surface area contributed by atoms with Crippen LogP contribution < -0.4 is 10.4 Å². The highest BCUT2D eigenvalue weighted by Gasteiger charge is 2.10. The van der Waals surface area contributed by atoms with E-state index >= 15 is 0 Å². The van der Waals surface area contributed by atoms with Crippen molar-refractivity contribution in [1.29, 1.82) is 0 Å². The van der Waals surface area contributed by atoms with Crippen LogP contribution in [0.4, 0.5) is 5.69 Å². The number of phenols is 1. The Labute approximate surface area is 175 Å². The lowest BCUT2D eigenvalue weighted by atomic mass is 10.1. The molecule has 0 fully saturated rings. The van der Waals surface area contributed by atoms with E-state index in [9.17, 15) is 9.90 Å².